The van der Waals surface area contributed by atoms with E-state index in [-0.39, 0.29) is 18.2 Å². The summed E-state index contributed by atoms with van der Waals surface area (Å²) in [6, 6.07) is 0. The molecular weight excluding hydrogens is 276 g/mol. The molecule has 1 N–H and O–H groups in total. The van der Waals surface area contributed by atoms with Gasteiger partial charge in [0.1, 0.15) is 6.10 Å². The molecular formula is C19H36O3. The summed E-state index contributed by atoms with van der Waals surface area (Å²) in [7, 11) is 0. The van der Waals surface area contributed by atoms with Crippen molar-refractivity contribution in [2.75, 3.05) is 0 Å². The molecule has 4 atom stereocenters. The maximum atomic E-state index is 12.1. The monoisotopic (exact) mass is 312 g/mol. The van der Waals surface area contributed by atoms with Crippen molar-refractivity contribution in [1.29, 1.82) is 0 Å². The van der Waals surface area contributed by atoms with E-state index in [4.69, 9.17) is 4.74 Å². The van der Waals surface area contributed by atoms with Gasteiger partial charge >= 0.3 is 5.97 Å². The maximum Gasteiger partial charge on any atom is 0.306 e. The number of hydrogen-bond donors (Lipinski definition) is 1. The van der Waals surface area contributed by atoms with Gasteiger partial charge in [-0.15, -0.1) is 0 Å². The van der Waals surface area contributed by atoms with E-state index in [1.807, 2.05) is 0 Å². The summed E-state index contributed by atoms with van der Waals surface area (Å²) in [6.07, 6.45) is 8.17. The van der Waals surface area contributed by atoms with Crippen LogP contribution in [0.3, 0.4) is 0 Å². The fraction of sp³-hybridized carbons (Fsp3) is 0.947. The zero-order valence-electron chi connectivity index (χ0n) is 15.0. The van der Waals surface area contributed by atoms with E-state index in [1.54, 1.807) is 0 Å². The van der Waals surface area contributed by atoms with Crippen molar-refractivity contribution < 1.29 is 14.6 Å². The van der Waals surface area contributed by atoms with Crippen molar-refractivity contribution in [3.05, 3.63) is 0 Å². The lowest BCUT2D eigenvalue weighted by molar-refractivity contribution is -0.156. The molecule has 22 heavy (non-hydrogen) atoms. The van der Waals surface area contributed by atoms with Crippen molar-refractivity contribution in [2.24, 2.45) is 17.8 Å². The van der Waals surface area contributed by atoms with Crippen LogP contribution in [0.25, 0.3) is 0 Å². The second-order valence-electron chi connectivity index (χ2n) is 7.54. The summed E-state index contributed by atoms with van der Waals surface area (Å²) in [6.45, 7) is 8.83. The highest BCUT2D eigenvalue weighted by Gasteiger charge is 2.33. The first kappa shape index (κ1) is 19.5. The van der Waals surface area contributed by atoms with Gasteiger partial charge in [-0.05, 0) is 49.9 Å². The molecule has 1 fully saturated rings. The summed E-state index contributed by atoms with van der Waals surface area (Å²) in [5, 5.41) is 9.81. The van der Waals surface area contributed by atoms with Crippen LogP contribution in [0, 0.1) is 17.8 Å². The number of aliphatic hydroxyl groups excluding tert-OH is 1. The van der Waals surface area contributed by atoms with Crippen LogP contribution in [0.5, 0.6) is 0 Å². The van der Waals surface area contributed by atoms with E-state index in [1.165, 1.54) is 12.8 Å². The molecule has 4 unspecified atom stereocenters. The molecule has 3 heteroatoms. The Morgan fingerprint density at radius 2 is 1.91 bits per heavy atom. The standard InChI is InChI=1S/C19H36O3/c1-5-6-8-16(20)9-7-10-19(21)22-18-13-15(4)11-12-17(18)14(2)3/h14-18,20H,5-13H2,1-4H3. The number of unbranched alkanes of at least 4 members (excludes halogenated alkanes) is 1. The number of aliphatic hydroxyl groups is 1. The predicted octanol–water partition coefficient (Wildman–Crippen LogP) is 4.71. The highest BCUT2D eigenvalue weighted by molar-refractivity contribution is 5.69. The lowest BCUT2D eigenvalue weighted by atomic mass is 9.75. The van der Waals surface area contributed by atoms with E-state index in [0.717, 1.165) is 32.1 Å². The van der Waals surface area contributed by atoms with Gasteiger partial charge in [0, 0.05) is 6.42 Å². The largest absolute Gasteiger partial charge is 0.462 e. The molecule has 0 aromatic rings. The molecule has 1 saturated carbocycles. The summed E-state index contributed by atoms with van der Waals surface area (Å²) in [5.74, 6) is 1.66. The SMILES string of the molecule is CCCCC(O)CCCC(=O)OC1CC(C)CCC1C(C)C. The summed E-state index contributed by atoms with van der Waals surface area (Å²) in [4.78, 5) is 12.1. The zero-order chi connectivity index (χ0) is 16.5. The van der Waals surface area contributed by atoms with Gasteiger partial charge in [-0.2, -0.15) is 0 Å². The van der Waals surface area contributed by atoms with Gasteiger partial charge < -0.3 is 9.84 Å². The molecule has 0 bridgehead atoms. The van der Waals surface area contributed by atoms with E-state index in [0.29, 0.717) is 30.6 Å². The first-order chi connectivity index (χ1) is 10.4. The van der Waals surface area contributed by atoms with Gasteiger partial charge in [0.2, 0.25) is 0 Å². The van der Waals surface area contributed by atoms with Crippen LogP contribution in [-0.4, -0.2) is 23.3 Å². The molecule has 1 aliphatic carbocycles. The van der Waals surface area contributed by atoms with Gasteiger partial charge in [0.15, 0.2) is 0 Å². The molecule has 0 aliphatic heterocycles. The average Bonchev–Trinajstić information content (AvgIpc) is 2.44. The normalized spacial score (nSPS) is 26.9. The van der Waals surface area contributed by atoms with Crippen molar-refractivity contribution >= 4 is 5.97 Å². The van der Waals surface area contributed by atoms with E-state index >= 15 is 0 Å². The zero-order valence-corrected chi connectivity index (χ0v) is 15.0. The Morgan fingerprint density at radius 3 is 2.55 bits per heavy atom. The molecule has 0 amide bonds. The van der Waals surface area contributed by atoms with E-state index in [9.17, 15) is 9.90 Å². The third-order valence-corrected chi connectivity index (χ3v) is 5.05. The minimum atomic E-state index is -0.258. The summed E-state index contributed by atoms with van der Waals surface area (Å²) < 4.78 is 5.78. The quantitative estimate of drug-likeness (QED) is 0.627. The van der Waals surface area contributed by atoms with Gasteiger partial charge in [-0.3, -0.25) is 4.79 Å². The molecule has 0 aromatic carbocycles. The van der Waals surface area contributed by atoms with Crippen molar-refractivity contribution in [2.45, 2.75) is 97.7 Å². The fourth-order valence-electron chi connectivity index (χ4n) is 3.54. The first-order valence-electron chi connectivity index (χ1n) is 9.31. The highest BCUT2D eigenvalue weighted by Crippen LogP contribution is 2.35. The van der Waals surface area contributed by atoms with Crippen LogP contribution in [-0.2, 0) is 9.53 Å². The van der Waals surface area contributed by atoms with Crippen LogP contribution in [0.4, 0.5) is 0 Å². The number of ether oxygens (including phenoxy) is 1. The van der Waals surface area contributed by atoms with Crippen molar-refractivity contribution in [3.63, 3.8) is 0 Å². The van der Waals surface area contributed by atoms with Crippen molar-refractivity contribution in [3.8, 4) is 0 Å². The van der Waals surface area contributed by atoms with Gasteiger partial charge in [-0.1, -0.05) is 47.0 Å². The summed E-state index contributed by atoms with van der Waals surface area (Å²) >= 11 is 0. The molecule has 0 spiro atoms. The summed E-state index contributed by atoms with van der Waals surface area (Å²) in [5.41, 5.74) is 0. The number of carbonyl (C=O) groups is 1. The molecule has 1 aliphatic rings. The Hall–Kier alpha value is -0.570. The number of esters is 1. The van der Waals surface area contributed by atoms with Gasteiger partial charge in [-0.25, -0.2) is 0 Å². The Labute approximate surface area is 136 Å². The number of rotatable bonds is 9. The van der Waals surface area contributed by atoms with Crippen molar-refractivity contribution in [1.82, 2.24) is 0 Å². The lowest BCUT2D eigenvalue weighted by Crippen LogP contribution is -2.35. The second kappa shape index (κ2) is 10.3. The maximum absolute atomic E-state index is 12.1. The molecule has 0 saturated heterocycles. The topological polar surface area (TPSA) is 46.5 Å². The molecule has 1 rings (SSSR count). The Bertz CT molecular complexity index is 314. The molecule has 3 nitrogen and oxygen atoms in total. The molecule has 0 aromatic heterocycles. The molecule has 0 radical (unpaired) electrons. The average molecular weight is 312 g/mol. The minimum Gasteiger partial charge on any atom is -0.462 e. The fourth-order valence-corrected chi connectivity index (χ4v) is 3.54. The van der Waals surface area contributed by atoms with E-state index in [2.05, 4.69) is 27.7 Å². The lowest BCUT2D eigenvalue weighted by Gasteiger charge is -2.36. The Kier molecular flexibility index (Phi) is 9.08. The van der Waals surface area contributed by atoms with Crippen LogP contribution in [0.1, 0.15) is 85.5 Å². The number of hydrogen-bond acceptors (Lipinski definition) is 3. The third-order valence-electron chi connectivity index (χ3n) is 5.05. The van der Waals surface area contributed by atoms with Gasteiger partial charge in [0.25, 0.3) is 0 Å². The Morgan fingerprint density at radius 1 is 1.23 bits per heavy atom. The molecule has 0 heterocycles. The second-order valence-corrected chi connectivity index (χ2v) is 7.54. The van der Waals surface area contributed by atoms with Crippen LogP contribution >= 0.6 is 0 Å². The van der Waals surface area contributed by atoms with Gasteiger partial charge in [0.05, 0.1) is 6.10 Å². The Balaban J connectivity index is 2.30. The minimum absolute atomic E-state index is 0.0764. The van der Waals surface area contributed by atoms with Crippen LogP contribution < -0.4 is 0 Å². The third kappa shape index (κ3) is 7.13. The van der Waals surface area contributed by atoms with Crippen LogP contribution in [0.2, 0.25) is 0 Å². The smallest absolute Gasteiger partial charge is 0.306 e. The molecule has 130 valence electrons. The first-order valence-corrected chi connectivity index (χ1v) is 9.31. The van der Waals surface area contributed by atoms with Crippen LogP contribution in [0.15, 0.2) is 0 Å². The highest BCUT2D eigenvalue weighted by atomic mass is 16.5. The van der Waals surface area contributed by atoms with E-state index < -0.39 is 0 Å². The predicted molar refractivity (Wildman–Crippen MR) is 90.6 cm³/mol. The number of carbonyl (C=O) groups excluding carboxylic acids is 1.